The van der Waals surface area contributed by atoms with E-state index in [1.807, 2.05) is 0 Å². The lowest BCUT2D eigenvalue weighted by Crippen LogP contribution is -2.23. The van der Waals surface area contributed by atoms with Crippen molar-refractivity contribution < 1.29 is 16.8 Å². The normalized spacial score (nSPS) is 12.1. The number of rotatable bonds is 7. The molecule has 0 aliphatic rings. The minimum Gasteiger partial charge on any atom is -0.283 e. The second kappa shape index (κ2) is 7.52. The van der Waals surface area contributed by atoms with Gasteiger partial charge >= 0.3 is 0 Å². The van der Waals surface area contributed by atoms with Crippen LogP contribution in [0.1, 0.15) is 12.5 Å². The summed E-state index contributed by atoms with van der Waals surface area (Å²) in [5.41, 5.74) is 0.760. The van der Waals surface area contributed by atoms with Crippen LogP contribution >= 0.6 is 11.6 Å². The van der Waals surface area contributed by atoms with Crippen LogP contribution in [0.3, 0.4) is 0 Å². The first-order chi connectivity index (χ1) is 11.2. The molecule has 9 heteroatoms. The fourth-order valence-electron chi connectivity index (χ4n) is 2.01. The SMILES string of the molecule is CCNS(=O)(=O)c1ccc(NS(=O)(=O)Cc2ccccc2Cl)cc1. The standard InChI is InChI=1S/C15H17ClN2O4S2/c1-2-17-24(21,22)14-9-7-13(8-10-14)18-23(19,20)11-12-5-3-4-6-15(12)16/h3-10,17-18H,2,11H2,1H3. The molecule has 24 heavy (non-hydrogen) atoms. The predicted molar refractivity (Wildman–Crippen MR) is 95.0 cm³/mol. The van der Waals surface area contributed by atoms with Crippen LogP contribution in [-0.4, -0.2) is 23.4 Å². The quantitative estimate of drug-likeness (QED) is 0.762. The van der Waals surface area contributed by atoms with Gasteiger partial charge in [0.05, 0.1) is 10.6 Å². The molecule has 2 N–H and O–H groups in total. The van der Waals surface area contributed by atoms with E-state index < -0.39 is 20.0 Å². The zero-order chi connectivity index (χ0) is 17.8. The van der Waals surface area contributed by atoms with Crippen molar-refractivity contribution in [2.75, 3.05) is 11.3 Å². The molecule has 2 aromatic carbocycles. The fourth-order valence-corrected chi connectivity index (χ4v) is 4.56. The molecule has 0 heterocycles. The number of anilines is 1. The number of hydrogen-bond donors (Lipinski definition) is 2. The summed E-state index contributed by atoms with van der Waals surface area (Å²) in [6, 6.07) is 12.1. The van der Waals surface area contributed by atoms with Gasteiger partial charge in [0.15, 0.2) is 0 Å². The average Bonchev–Trinajstić information content (AvgIpc) is 2.49. The Balaban J connectivity index is 2.14. The molecular weight excluding hydrogens is 372 g/mol. The van der Waals surface area contributed by atoms with Crippen LogP contribution in [0.15, 0.2) is 53.4 Å². The summed E-state index contributed by atoms with van der Waals surface area (Å²) >= 11 is 5.97. The number of hydrogen-bond acceptors (Lipinski definition) is 4. The maximum absolute atomic E-state index is 12.2. The highest BCUT2D eigenvalue weighted by molar-refractivity contribution is 7.92. The molecule has 130 valence electrons. The summed E-state index contributed by atoms with van der Waals surface area (Å²) in [6.45, 7) is 1.95. The van der Waals surface area contributed by atoms with Gasteiger partial charge in [0.25, 0.3) is 0 Å². The van der Waals surface area contributed by atoms with E-state index in [0.717, 1.165) is 0 Å². The van der Waals surface area contributed by atoms with Crippen molar-refractivity contribution in [3.8, 4) is 0 Å². The molecule has 0 spiro atoms. The van der Waals surface area contributed by atoms with Crippen molar-refractivity contribution >= 4 is 37.3 Å². The van der Waals surface area contributed by atoms with Gasteiger partial charge in [-0.15, -0.1) is 0 Å². The molecule has 0 fully saturated rings. The van der Waals surface area contributed by atoms with Gasteiger partial charge in [0.2, 0.25) is 20.0 Å². The summed E-state index contributed by atoms with van der Waals surface area (Å²) < 4.78 is 52.9. The molecule has 0 aromatic heterocycles. The molecule has 0 unspecified atom stereocenters. The average molecular weight is 389 g/mol. The van der Waals surface area contributed by atoms with Crippen LogP contribution < -0.4 is 9.44 Å². The van der Waals surface area contributed by atoms with Gasteiger partial charge in [-0.2, -0.15) is 0 Å². The van der Waals surface area contributed by atoms with E-state index in [1.165, 1.54) is 24.3 Å². The van der Waals surface area contributed by atoms with Gasteiger partial charge in [-0.25, -0.2) is 21.6 Å². The third-order valence-electron chi connectivity index (χ3n) is 3.08. The molecule has 6 nitrogen and oxygen atoms in total. The van der Waals surface area contributed by atoms with Crippen molar-refractivity contribution in [2.24, 2.45) is 0 Å². The second-order valence-corrected chi connectivity index (χ2v) is 8.87. The van der Waals surface area contributed by atoms with Crippen LogP contribution in [0.5, 0.6) is 0 Å². The second-order valence-electron chi connectivity index (χ2n) is 4.98. The topological polar surface area (TPSA) is 92.3 Å². The Morgan fingerprint density at radius 1 is 0.958 bits per heavy atom. The van der Waals surface area contributed by atoms with E-state index in [0.29, 0.717) is 10.6 Å². The van der Waals surface area contributed by atoms with Gasteiger partial charge in [0.1, 0.15) is 0 Å². The highest BCUT2D eigenvalue weighted by Gasteiger charge is 2.16. The third-order valence-corrected chi connectivity index (χ3v) is 6.24. The van der Waals surface area contributed by atoms with Crippen LogP contribution in [0.25, 0.3) is 0 Å². The van der Waals surface area contributed by atoms with Crippen molar-refractivity contribution in [3.05, 3.63) is 59.1 Å². The van der Waals surface area contributed by atoms with E-state index in [9.17, 15) is 16.8 Å². The molecule has 2 rings (SSSR count). The Morgan fingerprint density at radius 3 is 2.17 bits per heavy atom. The molecule has 2 aromatic rings. The number of halogens is 1. The Bertz CT molecular complexity index is 911. The number of sulfonamides is 2. The zero-order valence-corrected chi connectivity index (χ0v) is 15.2. The van der Waals surface area contributed by atoms with Crippen LogP contribution in [0.2, 0.25) is 5.02 Å². The highest BCUT2D eigenvalue weighted by atomic mass is 35.5. The van der Waals surface area contributed by atoms with E-state index in [4.69, 9.17) is 11.6 Å². The van der Waals surface area contributed by atoms with Crippen molar-refractivity contribution in [3.63, 3.8) is 0 Å². The molecule has 0 atom stereocenters. The van der Waals surface area contributed by atoms with Crippen LogP contribution in [0.4, 0.5) is 5.69 Å². The van der Waals surface area contributed by atoms with Crippen LogP contribution in [0, 0.1) is 0 Å². The highest BCUT2D eigenvalue weighted by Crippen LogP contribution is 2.20. The molecular formula is C15H17ClN2O4S2. The molecule has 0 aliphatic carbocycles. The zero-order valence-electron chi connectivity index (χ0n) is 12.9. The van der Waals surface area contributed by atoms with E-state index in [-0.39, 0.29) is 22.9 Å². The Hall–Kier alpha value is -1.61. The van der Waals surface area contributed by atoms with Gasteiger partial charge < -0.3 is 0 Å². The summed E-state index contributed by atoms with van der Waals surface area (Å²) in [7, 11) is -7.24. The first-order valence-electron chi connectivity index (χ1n) is 7.07. The smallest absolute Gasteiger partial charge is 0.240 e. The van der Waals surface area contributed by atoms with E-state index in [2.05, 4.69) is 9.44 Å². The maximum atomic E-state index is 12.2. The molecule has 0 radical (unpaired) electrons. The lowest BCUT2D eigenvalue weighted by molar-refractivity contribution is 0.584. The minimum atomic E-state index is -3.67. The van der Waals surface area contributed by atoms with Gasteiger partial charge in [-0.1, -0.05) is 36.7 Å². The largest absolute Gasteiger partial charge is 0.283 e. The summed E-state index contributed by atoms with van der Waals surface area (Å²) in [5, 5.41) is 0.370. The Kier molecular flexibility index (Phi) is 5.87. The Labute approximate surface area is 147 Å². The van der Waals surface area contributed by atoms with Gasteiger partial charge in [-0.05, 0) is 35.9 Å². The predicted octanol–water partition coefficient (Wildman–Crippen LogP) is 2.58. The molecule has 0 saturated heterocycles. The molecule has 0 saturated carbocycles. The first kappa shape index (κ1) is 18.7. The van der Waals surface area contributed by atoms with Gasteiger partial charge in [-0.3, -0.25) is 4.72 Å². The van der Waals surface area contributed by atoms with Gasteiger partial charge in [0, 0.05) is 17.3 Å². The van der Waals surface area contributed by atoms with E-state index in [1.54, 1.807) is 31.2 Å². The molecule has 0 amide bonds. The van der Waals surface area contributed by atoms with Crippen molar-refractivity contribution in [1.82, 2.24) is 4.72 Å². The molecule has 0 bridgehead atoms. The van der Waals surface area contributed by atoms with Crippen molar-refractivity contribution in [1.29, 1.82) is 0 Å². The van der Waals surface area contributed by atoms with Crippen LogP contribution in [-0.2, 0) is 25.8 Å². The fraction of sp³-hybridized carbons (Fsp3) is 0.200. The third kappa shape index (κ3) is 4.94. The lowest BCUT2D eigenvalue weighted by atomic mass is 10.2. The monoisotopic (exact) mass is 388 g/mol. The maximum Gasteiger partial charge on any atom is 0.240 e. The number of benzene rings is 2. The minimum absolute atomic E-state index is 0.0680. The summed E-state index contributed by atoms with van der Waals surface area (Å²) in [4.78, 5) is 0.0680. The first-order valence-corrected chi connectivity index (χ1v) is 10.6. The van der Waals surface area contributed by atoms with E-state index >= 15 is 0 Å². The Morgan fingerprint density at radius 2 is 1.58 bits per heavy atom. The summed E-state index contributed by atoms with van der Waals surface area (Å²) in [5.74, 6) is -0.274. The summed E-state index contributed by atoms with van der Waals surface area (Å²) in [6.07, 6.45) is 0. The lowest BCUT2D eigenvalue weighted by Gasteiger charge is -2.10. The number of nitrogens with one attached hydrogen (secondary N) is 2. The van der Waals surface area contributed by atoms with Crippen molar-refractivity contribution in [2.45, 2.75) is 17.6 Å². The molecule has 0 aliphatic heterocycles.